The molecule has 0 amide bonds. The summed E-state index contributed by atoms with van der Waals surface area (Å²) < 4.78 is 2.37. The number of hydrogen-bond acceptors (Lipinski definition) is 1. The minimum atomic E-state index is -0.0424. The Morgan fingerprint density at radius 1 is 1.41 bits per heavy atom. The zero-order valence-corrected chi connectivity index (χ0v) is 11.3. The van der Waals surface area contributed by atoms with E-state index in [0.29, 0.717) is 0 Å². The van der Waals surface area contributed by atoms with E-state index in [-0.39, 0.29) is 10.9 Å². The number of benzene rings is 1. The van der Waals surface area contributed by atoms with Gasteiger partial charge < -0.3 is 4.57 Å². The summed E-state index contributed by atoms with van der Waals surface area (Å²) in [5.41, 5.74) is 3.85. The lowest BCUT2D eigenvalue weighted by Gasteiger charge is -2.18. The molecule has 1 saturated carbocycles. The zero-order chi connectivity index (χ0) is 12.2. The van der Waals surface area contributed by atoms with Crippen molar-refractivity contribution in [2.45, 2.75) is 44.5 Å². The predicted molar refractivity (Wildman–Crippen MR) is 71.6 cm³/mol. The monoisotopic (exact) mass is 248 g/mol. The molecule has 1 aromatic heterocycles. The highest BCUT2D eigenvalue weighted by atomic mass is 35.5. The van der Waals surface area contributed by atoms with E-state index in [1.54, 1.807) is 0 Å². The molecule has 1 atom stereocenters. The van der Waals surface area contributed by atoms with Crippen molar-refractivity contribution in [3.8, 4) is 0 Å². The van der Waals surface area contributed by atoms with E-state index < -0.39 is 0 Å². The molecule has 17 heavy (non-hydrogen) atoms. The molecule has 1 fully saturated rings. The standard InChI is InChI=1S/C14H17ClN2/c1-9-5-4-6-11-12(9)17(14(3)7-8-14)13(16-11)10(2)15/h4-6,10H,7-8H2,1-3H3. The van der Waals surface area contributed by atoms with E-state index in [4.69, 9.17) is 16.6 Å². The summed E-state index contributed by atoms with van der Waals surface area (Å²) in [5.74, 6) is 1.01. The molecule has 1 unspecified atom stereocenters. The lowest BCUT2D eigenvalue weighted by atomic mass is 10.2. The first-order valence-electron chi connectivity index (χ1n) is 6.15. The largest absolute Gasteiger partial charge is 0.321 e. The third kappa shape index (κ3) is 1.58. The Morgan fingerprint density at radius 2 is 2.12 bits per heavy atom. The third-order valence-corrected chi connectivity index (χ3v) is 3.97. The maximum absolute atomic E-state index is 6.28. The fourth-order valence-corrected chi connectivity index (χ4v) is 2.68. The molecule has 1 aliphatic rings. The maximum atomic E-state index is 6.28. The quantitative estimate of drug-likeness (QED) is 0.730. The molecular formula is C14H17ClN2. The Kier molecular flexibility index (Phi) is 2.27. The van der Waals surface area contributed by atoms with Gasteiger partial charge in [0.25, 0.3) is 0 Å². The molecule has 90 valence electrons. The van der Waals surface area contributed by atoms with Crippen LogP contribution in [0.5, 0.6) is 0 Å². The van der Waals surface area contributed by atoms with Crippen molar-refractivity contribution in [2.24, 2.45) is 0 Å². The molecule has 0 saturated heterocycles. The second-order valence-corrected chi connectivity index (χ2v) is 6.02. The van der Waals surface area contributed by atoms with Crippen LogP contribution in [0.2, 0.25) is 0 Å². The van der Waals surface area contributed by atoms with Crippen molar-refractivity contribution in [1.82, 2.24) is 9.55 Å². The molecule has 0 aliphatic heterocycles. The van der Waals surface area contributed by atoms with Crippen LogP contribution in [0.4, 0.5) is 0 Å². The van der Waals surface area contributed by atoms with Gasteiger partial charge in [0.1, 0.15) is 5.82 Å². The summed E-state index contributed by atoms with van der Waals surface area (Å²) in [7, 11) is 0. The van der Waals surface area contributed by atoms with Gasteiger partial charge >= 0.3 is 0 Å². The molecule has 0 bridgehead atoms. The van der Waals surface area contributed by atoms with E-state index in [1.165, 1.54) is 23.9 Å². The first kappa shape index (κ1) is 11.1. The third-order valence-electron chi connectivity index (χ3n) is 3.77. The molecular weight excluding hydrogens is 232 g/mol. The van der Waals surface area contributed by atoms with Crippen LogP contribution >= 0.6 is 11.6 Å². The summed E-state index contributed by atoms with van der Waals surface area (Å²) in [6.45, 7) is 6.44. The van der Waals surface area contributed by atoms with Crippen LogP contribution in [0, 0.1) is 6.92 Å². The highest BCUT2D eigenvalue weighted by molar-refractivity contribution is 6.20. The van der Waals surface area contributed by atoms with Crippen molar-refractivity contribution in [3.63, 3.8) is 0 Å². The second kappa shape index (κ2) is 3.49. The van der Waals surface area contributed by atoms with Crippen LogP contribution in [0.15, 0.2) is 18.2 Å². The Morgan fingerprint density at radius 3 is 2.71 bits per heavy atom. The van der Waals surface area contributed by atoms with E-state index in [0.717, 1.165) is 11.3 Å². The van der Waals surface area contributed by atoms with Gasteiger partial charge in [-0.25, -0.2) is 4.98 Å². The smallest absolute Gasteiger partial charge is 0.128 e. The predicted octanol–water partition coefficient (Wildman–Crippen LogP) is 4.15. The Labute approximate surface area is 107 Å². The second-order valence-electron chi connectivity index (χ2n) is 5.36. The topological polar surface area (TPSA) is 17.8 Å². The van der Waals surface area contributed by atoms with Gasteiger partial charge in [0.2, 0.25) is 0 Å². The van der Waals surface area contributed by atoms with Gasteiger partial charge in [-0.2, -0.15) is 0 Å². The van der Waals surface area contributed by atoms with Crippen LogP contribution in [-0.2, 0) is 5.54 Å². The van der Waals surface area contributed by atoms with Gasteiger partial charge in [-0.05, 0) is 45.2 Å². The van der Waals surface area contributed by atoms with Gasteiger partial charge in [-0.3, -0.25) is 0 Å². The summed E-state index contributed by atoms with van der Waals surface area (Å²) in [6.07, 6.45) is 2.45. The van der Waals surface area contributed by atoms with Gasteiger partial charge in [0.05, 0.1) is 16.4 Å². The molecule has 3 heteroatoms. The van der Waals surface area contributed by atoms with E-state index >= 15 is 0 Å². The fraction of sp³-hybridized carbons (Fsp3) is 0.500. The number of hydrogen-bond donors (Lipinski definition) is 0. The molecule has 1 aliphatic carbocycles. The maximum Gasteiger partial charge on any atom is 0.128 e. The molecule has 1 aromatic carbocycles. The van der Waals surface area contributed by atoms with Gasteiger partial charge in [-0.15, -0.1) is 11.6 Å². The van der Waals surface area contributed by atoms with Gasteiger partial charge in [-0.1, -0.05) is 12.1 Å². The van der Waals surface area contributed by atoms with Crippen molar-refractivity contribution in [1.29, 1.82) is 0 Å². The van der Waals surface area contributed by atoms with E-state index in [9.17, 15) is 0 Å². The van der Waals surface area contributed by atoms with Crippen LogP contribution in [0.1, 0.15) is 43.5 Å². The minimum Gasteiger partial charge on any atom is -0.321 e. The first-order valence-corrected chi connectivity index (χ1v) is 6.59. The number of rotatable bonds is 2. The number of aromatic nitrogens is 2. The summed E-state index contributed by atoms with van der Waals surface area (Å²) in [5, 5.41) is -0.0424. The Balaban J connectivity index is 2.38. The molecule has 2 aromatic rings. The Bertz CT molecular complexity index is 579. The highest BCUT2D eigenvalue weighted by Gasteiger charge is 2.42. The highest BCUT2D eigenvalue weighted by Crippen LogP contribution is 2.47. The number of nitrogens with zero attached hydrogens (tertiary/aromatic N) is 2. The molecule has 0 spiro atoms. The molecule has 3 rings (SSSR count). The van der Waals surface area contributed by atoms with Crippen molar-refractivity contribution in [2.75, 3.05) is 0 Å². The SMILES string of the molecule is Cc1cccc2nc(C(C)Cl)n(C3(C)CC3)c12. The number of halogens is 1. The molecule has 0 radical (unpaired) electrons. The first-order chi connectivity index (χ1) is 8.03. The lowest BCUT2D eigenvalue weighted by molar-refractivity contribution is 0.521. The number of para-hydroxylation sites is 1. The van der Waals surface area contributed by atoms with Crippen molar-refractivity contribution in [3.05, 3.63) is 29.6 Å². The van der Waals surface area contributed by atoms with Crippen LogP contribution in [0.25, 0.3) is 11.0 Å². The number of imidazole rings is 1. The van der Waals surface area contributed by atoms with Gasteiger partial charge in [0.15, 0.2) is 0 Å². The van der Waals surface area contributed by atoms with Crippen LogP contribution in [-0.4, -0.2) is 9.55 Å². The number of aryl methyl sites for hydroxylation is 1. The lowest BCUT2D eigenvalue weighted by Crippen LogP contribution is -2.16. The number of alkyl halides is 1. The van der Waals surface area contributed by atoms with Crippen LogP contribution < -0.4 is 0 Å². The molecule has 2 nitrogen and oxygen atoms in total. The summed E-state index contributed by atoms with van der Waals surface area (Å²) >= 11 is 6.28. The zero-order valence-electron chi connectivity index (χ0n) is 10.5. The van der Waals surface area contributed by atoms with Crippen molar-refractivity contribution < 1.29 is 0 Å². The van der Waals surface area contributed by atoms with E-state index in [1.807, 2.05) is 6.92 Å². The van der Waals surface area contributed by atoms with Crippen LogP contribution in [0.3, 0.4) is 0 Å². The average molecular weight is 249 g/mol. The summed E-state index contributed by atoms with van der Waals surface area (Å²) in [6, 6.07) is 6.29. The van der Waals surface area contributed by atoms with Crippen molar-refractivity contribution >= 4 is 22.6 Å². The van der Waals surface area contributed by atoms with Gasteiger partial charge in [0, 0.05) is 5.54 Å². The fourth-order valence-electron chi connectivity index (χ4n) is 2.53. The number of fused-ring (bicyclic) bond motifs is 1. The average Bonchev–Trinajstić information content (AvgIpc) is 2.88. The Hall–Kier alpha value is -1.02. The molecule has 0 N–H and O–H groups in total. The minimum absolute atomic E-state index is 0.0424. The molecule has 1 heterocycles. The van der Waals surface area contributed by atoms with E-state index in [2.05, 4.69) is 36.6 Å². The normalized spacial score (nSPS) is 19.5. The summed E-state index contributed by atoms with van der Waals surface area (Å²) in [4.78, 5) is 4.71.